The maximum absolute atomic E-state index is 12.0. The lowest BCUT2D eigenvalue weighted by Crippen LogP contribution is -2.34. The van der Waals surface area contributed by atoms with E-state index < -0.39 is 5.97 Å². The van der Waals surface area contributed by atoms with Gasteiger partial charge in [0.25, 0.3) is 0 Å². The zero-order chi connectivity index (χ0) is 13.8. The highest BCUT2D eigenvalue weighted by atomic mass is 16.5. The molecule has 1 fully saturated rings. The zero-order valence-electron chi connectivity index (χ0n) is 10.6. The van der Waals surface area contributed by atoms with Gasteiger partial charge in [0.2, 0.25) is 0 Å². The largest absolute Gasteiger partial charge is 0.478 e. The van der Waals surface area contributed by atoms with E-state index in [0.29, 0.717) is 18.8 Å². The number of carboxylic acids is 1. The molecule has 1 aliphatic rings. The van der Waals surface area contributed by atoms with Gasteiger partial charge in [0, 0.05) is 20.2 Å². The maximum atomic E-state index is 12.0. The van der Waals surface area contributed by atoms with Gasteiger partial charge in [-0.3, -0.25) is 0 Å². The van der Waals surface area contributed by atoms with Crippen LogP contribution >= 0.6 is 0 Å². The van der Waals surface area contributed by atoms with Crippen molar-refractivity contribution in [2.45, 2.75) is 12.5 Å². The quantitative estimate of drug-likeness (QED) is 0.869. The predicted molar refractivity (Wildman–Crippen MR) is 69.4 cm³/mol. The van der Waals surface area contributed by atoms with Gasteiger partial charge in [-0.15, -0.1) is 0 Å². The Labute approximate surface area is 111 Å². The Kier molecular flexibility index (Phi) is 4.01. The lowest BCUT2D eigenvalue weighted by atomic mass is 10.2. The van der Waals surface area contributed by atoms with Gasteiger partial charge >= 0.3 is 12.0 Å². The standard InChI is InChI=1S/C13H16N2O4/c1-19-9-6-7-15(8-9)13(18)14-11-5-3-2-4-10(11)12(16)17/h2-5,9H,6-8H2,1H3,(H,14,18)(H,16,17). The molecule has 1 heterocycles. The van der Waals surface area contributed by atoms with E-state index in [1.165, 1.54) is 6.07 Å². The molecule has 102 valence electrons. The van der Waals surface area contributed by atoms with Gasteiger partial charge in [-0.25, -0.2) is 9.59 Å². The highest BCUT2D eigenvalue weighted by molar-refractivity contribution is 6.00. The zero-order valence-corrected chi connectivity index (χ0v) is 10.6. The second kappa shape index (κ2) is 5.71. The molecule has 1 atom stereocenters. The number of nitrogens with one attached hydrogen (secondary N) is 1. The molecule has 6 heteroatoms. The molecule has 2 N–H and O–H groups in total. The minimum Gasteiger partial charge on any atom is -0.478 e. The van der Waals surface area contributed by atoms with Crippen molar-refractivity contribution in [3.8, 4) is 0 Å². The van der Waals surface area contributed by atoms with E-state index >= 15 is 0 Å². The molecule has 0 aromatic heterocycles. The third-order valence-corrected chi connectivity index (χ3v) is 3.16. The minimum absolute atomic E-state index is 0.0560. The molecule has 0 aliphatic carbocycles. The highest BCUT2D eigenvalue weighted by Crippen LogP contribution is 2.18. The topological polar surface area (TPSA) is 78.9 Å². The first kappa shape index (κ1) is 13.4. The van der Waals surface area contributed by atoms with Crippen molar-refractivity contribution in [3.05, 3.63) is 29.8 Å². The fourth-order valence-electron chi connectivity index (χ4n) is 2.08. The maximum Gasteiger partial charge on any atom is 0.337 e. The van der Waals surface area contributed by atoms with E-state index in [1.54, 1.807) is 30.2 Å². The third-order valence-electron chi connectivity index (χ3n) is 3.16. The van der Waals surface area contributed by atoms with Crippen LogP contribution < -0.4 is 5.32 Å². The number of carbonyl (C=O) groups excluding carboxylic acids is 1. The number of ether oxygens (including phenoxy) is 1. The number of hydrogen-bond donors (Lipinski definition) is 2. The average Bonchev–Trinajstić information content (AvgIpc) is 2.88. The summed E-state index contributed by atoms with van der Waals surface area (Å²) in [6.07, 6.45) is 0.852. The summed E-state index contributed by atoms with van der Waals surface area (Å²) in [5.41, 5.74) is 0.388. The Morgan fingerprint density at radius 2 is 2.16 bits per heavy atom. The van der Waals surface area contributed by atoms with Gasteiger partial charge in [0.1, 0.15) is 0 Å². The van der Waals surface area contributed by atoms with Crippen LogP contribution in [0.5, 0.6) is 0 Å². The number of benzene rings is 1. The molecule has 2 amide bonds. The van der Waals surface area contributed by atoms with Crippen molar-refractivity contribution in [3.63, 3.8) is 0 Å². The molecule has 1 aromatic rings. The van der Waals surface area contributed by atoms with E-state index in [0.717, 1.165) is 6.42 Å². The third kappa shape index (κ3) is 3.03. The van der Waals surface area contributed by atoms with Crippen molar-refractivity contribution < 1.29 is 19.4 Å². The molecule has 6 nitrogen and oxygen atoms in total. The van der Waals surface area contributed by atoms with Crippen molar-refractivity contribution in [1.82, 2.24) is 4.90 Å². The van der Waals surface area contributed by atoms with Crippen LogP contribution in [0.2, 0.25) is 0 Å². The normalized spacial score (nSPS) is 18.4. The highest BCUT2D eigenvalue weighted by Gasteiger charge is 2.26. The summed E-state index contributed by atoms with van der Waals surface area (Å²) in [7, 11) is 1.62. The average molecular weight is 264 g/mol. The number of amides is 2. The van der Waals surface area contributed by atoms with Crippen molar-refractivity contribution >= 4 is 17.7 Å². The Bertz CT molecular complexity index is 489. The number of anilines is 1. The first-order valence-electron chi connectivity index (χ1n) is 6.03. The molecule has 0 bridgehead atoms. The summed E-state index contributed by atoms with van der Waals surface area (Å²) in [5.74, 6) is -1.06. The van der Waals surface area contributed by atoms with E-state index in [9.17, 15) is 9.59 Å². The van der Waals surface area contributed by atoms with Crippen LogP contribution in [0.4, 0.5) is 10.5 Å². The number of carboxylic acid groups (broad SMARTS) is 1. The number of carbonyl (C=O) groups is 2. The lowest BCUT2D eigenvalue weighted by Gasteiger charge is -2.17. The minimum atomic E-state index is -1.06. The second-order valence-electron chi connectivity index (χ2n) is 4.37. The van der Waals surface area contributed by atoms with Crippen LogP contribution in [0.25, 0.3) is 0 Å². The van der Waals surface area contributed by atoms with E-state index in [4.69, 9.17) is 9.84 Å². The predicted octanol–water partition coefficient (Wildman–Crippen LogP) is 1.64. The number of urea groups is 1. The number of aromatic carboxylic acids is 1. The monoisotopic (exact) mass is 264 g/mol. The number of methoxy groups -OCH3 is 1. The molecular formula is C13H16N2O4. The number of hydrogen-bond acceptors (Lipinski definition) is 3. The smallest absolute Gasteiger partial charge is 0.337 e. The number of para-hydroxylation sites is 1. The molecule has 1 aromatic carbocycles. The molecule has 0 radical (unpaired) electrons. The molecule has 2 rings (SSSR count). The van der Waals surface area contributed by atoms with Gasteiger partial charge < -0.3 is 20.1 Å². The fraction of sp³-hybridized carbons (Fsp3) is 0.385. The number of nitrogens with zero attached hydrogens (tertiary/aromatic N) is 1. The number of rotatable bonds is 3. The van der Waals surface area contributed by atoms with E-state index in [1.807, 2.05) is 0 Å². The molecule has 1 saturated heterocycles. The number of likely N-dealkylation sites (tertiary alicyclic amines) is 1. The first-order valence-corrected chi connectivity index (χ1v) is 6.03. The summed E-state index contributed by atoms with van der Waals surface area (Å²) in [5, 5.41) is 11.7. The first-order chi connectivity index (χ1) is 9.11. The van der Waals surface area contributed by atoms with Gasteiger partial charge in [-0.2, -0.15) is 0 Å². The van der Waals surface area contributed by atoms with Gasteiger partial charge in [-0.1, -0.05) is 12.1 Å². The van der Waals surface area contributed by atoms with Crippen LogP contribution in [0.3, 0.4) is 0 Å². The van der Waals surface area contributed by atoms with Crippen LogP contribution in [0.1, 0.15) is 16.8 Å². The Balaban J connectivity index is 2.05. The van der Waals surface area contributed by atoms with Gasteiger partial charge in [-0.05, 0) is 18.6 Å². The lowest BCUT2D eigenvalue weighted by molar-refractivity contribution is 0.0698. The van der Waals surface area contributed by atoms with Crippen LogP contribution in [0.15, 0.2) is 24.3 Å². The van der Waals surface area contributed by atoms with Crippen molar-refractivity contribution in [1.29, 1.82) is 0 Å². The summed E-state index contributed by atoms with van der Waals surface area (Å²) >= 11 is 0. The molecule has 1 aliphatic heterocycles. The van der Waals surface area contributed by atoms with Crippen molar-refractivity contribution in [2.75, 3.05) is 25.5 Å². The van der Waals surface area contributed by atoms with Crippen molar-refractivity contribution in [2.24, 2.45) is 0 Å². The molecule has 1 unspecified atom stereocenters. The molecule has 0 saturated carbocycles. The van der Waals surface area contributed by atoms with Crippen LogP contribution in [0, 0.1) is 0 Å². The summed E-state index contributed by atoms with van der Waals surface area (Å²) in [6.45, 7) is 1.14. The summed E-state index contributed by atoms with van der Waals surface area (Å²) < 4.78 is 5.19. The Hall–Kier alpha value is -2.08. The fourth-order valence-corrected chi connectivity index (χ4v) is 2.08. The van der Waals surface area contributed by atoms with Gasteiger partial charge in [0.05, 0.1) is 17.4 Å². The molecular weight excluding hydrogens is 248 g/mol. The SMILES string of the molecule is COC1CCN(C(=O)Nc2ccccc2C(=O)O)C1. The molecule has 19 heavy (non-hydrogen) atoms. The van der Waals surface area contributed by atoms with Crippen LogP contribution in [-0.2, 0) is 4.74 Å². The Morgan fingerprint density at radius 3 is 2.79 bits per heavy atom. The van der Waals surface area contributed by atoms with E-state index in [-0.39, 0.29) is 17.7 Å². The van der Waals surface area contributed by atoms with E-state index in [2.05, 4.69) is 5.32 Å². The van der Waals surface area contributed by atoms with Gasteiger partial charge in [0.15, 0.2) is 0 Å². The summed E-state index contributed by atoms with van der Waals surface area (Å²) in [6, 6.07) is 6.04. The van der Waals surface area contributed by atoms with Crippen LogP contribution in [-0.4, -0.2) is 48.3 Å². The summed E-state index contributed by atoms with van der Waals surface area (Å²) in [4.78, 5) is 24.7. The Morgan fingerprint density at radius 1 is 1.42 bits per heavy atom. The molecule has 0 spiro atoms. The second-order valence-corrected chi connectivity index (χ2v) is 4.37.